The monoisotopic (exact) mass is 399 g/mol. The van der Waals surface area contributed by atoms with E-state index in [-0.39, 0.29) is 28.8 Å². The van der Waals surface area contributed by atoms with Gasteiger partial charge in [-0.2, -0.15) is 0 Å². The summed E-state index contributed by atoms with van der Waals surface area (Å²) in [4.78, 5) is 24.3. The van der Waals surface area contributed by atoms with Crippen LogP contribution in [0.25, 0.3) is 22.2 Å². The number of benzene rings is 2. The van der Waals surface area contributed by atoms with Gasteiger partial charge in [0.15, 0.2) is 0 Å². The molecule has 2 aromatic carbocycles. The molecule has 2 aromatic heterocycles. The molecule has 1 N–H and O–H groups in total. The predicted molar refractivity (Wildman–Crippen MR) is 99.8 cm³/mol. The third-order valence-corrected chi connectivity index (χ3v) is 4.61. The SMILES string of the molecule is CCn1c(=O)n(O)c(=O)c2cc(-c3cn(Cc4cc(F)ccc4F)nn3)ccc21. The molecule has 0 bridgehead atoms. The fourth-order valence-corrected chi connectivity index (χ4v) is 3.17. The molecule has 4 rings (SSSR count). The molecule has 29 heavy (non-hydrogen) atoms. The van der Waals surface area contributed by atoms with E-state index >= 15 is 0 Å². The molecular formula is C19H15F2N5O3. The highest BCUT2D eigenvalue weighted by Crippen LogP contribution is 2.21. The van der Waals surface area contributed by atoms with Crippen LogP contribution < -0.4 is 11.2 Å². The zero-order valence-corrected chi connectivity index (χ0v) is 15.2. The van der Waals surface area contributed by atoms with Crippen molar-refractivity contribution >= 4 is 10.9 Å². The molecule has 4 aromatic rings. The topological polar surface area (TPSA) is 94.9 Å². The maximum Gasteiger partial charge on any atom is 0.364 e. The maximum absolute atomic E-state index is 13.8. The van der Waals surface area contributed by atoms with Gasteiger partial charge in [-0.25, -0.2) is 18.3 Å². The molecule has 0 fully saturated rings. The Morgan fingerprint density at radius 3 is 2.66 bits per heavy atom. The summed E-state index contributed by atoms with van der Waals surface area (Å²) in [6.07, 6.45) is 1.53. The Balaban J connectivity index is 1.75. The molecule has 0 spiro atoms. The van der Waals surface area contributed by atoms with Crippen LogP contribution in [-0.4, -0.2) is 29.5 Å². The van der Waals surface area contributed by atoms with Crippen LogP contribution >= 0.6 is 0 Å². The summed E-state index contributed by atoms with van der Waals surface area (Å²) < 4.78 is 29.8. The van der Waals surface area contributed by atoms with Crippen LogP contribution in [0.1, 0.15) is 12.5 Å². The van der Waals surface area contributed by atoms with Crippen LogP contribution in [0.3, 0.4) is 0 Å². The number of aryl methyl sites for hydroxylation is 1. The zero-order chi connectivity index (χ0) is 20.7. The van der Waals surface area contributed by atoms with Crippen molar-refractivity contribution in [2.75, 3.05) is 0 Å². The Morgan fingerprint density at radius 2 is 1.90 bits per heavy atom. The molecule has 0 atom stereocenters. The fraction of sp³-hybridized carbons (Fsp3) is 0.158. The van der Waals surface area contributed by atoms with Gasteiger partial charge in [-0.3, -0.25) is 9.36 Å². The van der Waals surface area contributed by atoms with Crippen molar-refractivity contribution in [1.82, 2.24) is 24.3 Å². The quantitative estimate of drug-likeness (QED) is 0.530. The van der Waals surface area contributed by atoms with E-state index in [0.717, 1.165) is 18.2 Å². The van der Waals surface area contributed by atoms with Crippen molar-refractivity contribution in [2.45, 2.75) is 20.0 Å². The molecule has 0 saturated heterocycles. The third kappa shape index (κ3) is 3.18. The standard InChI is InChI=1S/C19H15F2N5O3/c1-2-25-17-6-3-11(8-14(17)18(27)26(29)19(25)28)16-10-24(23-22-16)9-12-7-13(20)4-5-15(12)21/h3-8,10,29H,2,9H2,1H3. The number of fused-ring (bicyclic) bond motifs is 1. The van der Waals surface area contributed by atoms with Gasteiger partial charge in [0.25, 0.3) is 5.56 Å². The molecule has 0 saturated carbocycles. The van der Waals surface area contributed by atoms with E-state index < -0.39 is 22.9 Å². The molecule has 0 aliphatic heterocycles. The first-order valence-corrected chi connectivity index (χ1v) is 8.72. The lowest BCUT2D eigenvalue weighted by atomic mass is 10.1. The minimum atomic E-state index is -0.842. The summed E-state index contributed by atoms with van der Waals surface area (Å²) >= 11 is 0. The Morgan fingerprint density at radius 1 is 1.10 bits per heavy atom. The van der Waals surface area contributed by atoms with Crippen LogP contribution in [0.4, 0.5) is 8.78 Å². The van der Waals surface area contributed by atoms with Crippen molar-refractivity contribution in [3.05, 3.63) is 80.6 Å². The second kappa shape index (κ2) is 6.97. The van der Waals surface area contributed by atoms with E-state index in [1.807, 2.05) is 0 Å². The molecule has 148 valence electrons. The van der Waals surface area contributed by atoms with Crippen LogP contribution in [0, 0.1) is 11.6 Å². The number of aromatic nitrogens is 5. The lowest BCUT2D eigenvalue weighted by molar-refractivity contribution is 0.157. The van der Waals surface area contributed by atoms with Gasteiger partial charge in [0.1, 0.15) is 17.3 Å². The van der Waals surface area contributed by atoms with Crippen molar-refractivity contribution in [1.29, 1.82) is 0 Å². The van der Waals surface area contributed by atoms with Gasteiger partial charge < -0.3 is 5.21 Å². The first-order valence-electron chi connectivity index (χ1n) is 8.72. The summed E-state index contributed by atoms with van der Waals surface area (Å²) in [5.74, 6) is -1.12. The minimum absolute atomic E-state index is 0.0248. The van der Waals surface area contributed by atoms with E-state index in [4.69, 9.17) is 0 Å². The van der Waals surface area contributed by atoms with Gasteiger partial charge in [0.05, 0.1) is 23.6 Å². The molecule has 0 unspecified atom stereocenters. The molecule has 0 amide bonds. The van der Waals surface area contributed by atoms with Crippen LogP contribution in [-0.2, 0) is 13.1 Å². The Kier molecular flexibility index (Phi) is 4.45. The van der Waals surface area contributed by atoms with Gasteiger partial charge in [-0.15, -0.1) is 5.10 Å². The Bertz CT molecular complexity index is 1360. The first-order chi connectivity index (χ1) is 13.9. The van der Waals surface area contributed by atoms with E-state index in [0.29, 0.717) is 16.8 Å². The molecule has 0 aliphatic carbocycles. The molecule has 10 heteroatoms. The number of hydrogen-bond acceptors (Lipinski definition) is 5. The van der Waals surface area contributed by atoms with Gasteiger partial charge in [-0.1, -0.05) is 16.0 Å². The number of rotatable bonds is 4. The second-order valence-corrected chi connectivity index (χ2v) is 6.41. The normalized spacial score (nSPS) is 11.3. The van der Waals surface area contributed by atoms with Gasteiger partial charge in [0.2, 0.25) is 0 Å². The molecule has 8 nitrogen and oxygen atoms in total. The predicted octanol–water partition coefficient (Wildman–Crippen LogP) is 2.01. The van der Waals surface area contributed by atoms with Gasteiger partial charge >= 0.3 is 5.69 Å². The van der Waals surface area contributed by atoms with Gasteiger partial charge in [-0.05, 0) is 37.3 Å². The highest BCUT2D eigenvalue weighted by atomic mass is 19.1. The zero-order valence-electron chi connectivity index (χ0n) is 15.2. The maximum atomic E-state index is 13.8. The average Bonchev–Trinajstić information content (AvgIpc) is 3.18. The second-order valence-electron chi connectivity index (χ2n) is 6.41. The summed E-state index contributed by atoms with van der Waals surface area (Å²) in [6.45, 7) is 1.96. The highest BCUT2D eigenvalue weighted by Gasteiger charge is 2.14. The Labute approximate surface area is 161 Å². The smallest absolute Gasteiger partial charge is 0.364 e. The minimum Gasteiger partial charge on any atom is -0.421 e. The average molecular weight is 399 g/mol. The number of nitrogens with zero attached hydrogens (tertiary/aromatic N) is 5. The van der Waals surface area contributed by atoms with Crippen molar-refractivity contribution < 1.29 is 14.0 Å². The van der Waals surface area contributed by atoms with Crippen LogP contribution in [0.5, 0.6) is 0 Å². The molecular weight excluding hydrogens is 384 g/mol. The van der Waals surface area contributed by atoms with Crippen molar-refractivity contribution in [2.24, 2.45) is 0 Å². The highest BCUT2D eigenvalue weighted by molar-refractivity contribution is 5.83. The number of hydrogen-bond donors (Lipinski definition) is 1. The summed E-state index contributed by atoms with van der Waals surface area (Å²) in [5.41, 5.74) is -0.254. The van der Waals surface area contributed by atoms with Crippen LogP contribution in [0.2, 0.25) is 0 Å². The molecule has 0 radical (unpaired) electrons. The van der Waals surface area contributed by atoms with E-state index in [9.17, 15) is 23.6 Å². The van der Waals surface area contributed by atoms with Crippen molar-refractivity contribution in [3.63, 3.8) is 0 Å². The van der Waals surface area contributed by atoms with E-state index in [1.54, 1.807) is 19.1 Å². The first kappa shape index (κ1) is 18.5. The van der Waals surface area contributed by atoms with Gasteiger partial charge in [0, 0.05) is 17.7 Å². The van der Waals surface area contributed by atoms with Crippen LogP contribution in [0.15, 0.2) is 52.2 Å². The van der Waals surface area contributed by atoms with E-state index in [1.165, 1.54) is 21.5 Å². The summed E-state index contributed by atoms with van der Waals surface area (Å²) in [6, 6.07) is 7.89. The van der Waals surface area contributed by atoms with E-state index in [2.05, 4.69) is 10.3 Å². The summed E-state index contributed by atoms with van der Waals surface area (Å²) in [7, 11) is 0. The summed E-state index contributed by atoms with van der Waals surface area (Å²) in [5, 5.41) is 17.8. The Hall–Kier alpha value is -3.82. The number of halogens is 2. The molecule has 0 aliphatic rings. The lowest BCUT2D eigenvalue weighted by Crippen LogP contribution is -2.38. The largest absolute Gasteiger partial charge is 0.421 e. The van der Waals surface area contributed by atoms with Crippen molar-refractivity contribution in [3.8, 4) is 11.3 Å². The molecule has 2 heterocycles. The third-order valence-electron chi connectivity index (χ3n) is 4.61. The fourth-order valence-electron chi connectivity index (χ4n) is 3.17. The lowest BCUT2D eigenvalue weighted by Gasteiger charge is -2.09.